The predicted molar refractivity (Wildman–Crippen MR) is 82.3 cm³/mol. The van der Waals surface area contributed by atoms with Crippen LogP contribution in [0.25, 0.3) is 0 Å². The molecule has 0 spiro atoms. The number of carboxylic acids is 1. The van der Waals surface area contributed by atoms with Gasteiger partial charge in [-0.1, -0.05) is 38.0 Å². The van der Waals surface area contributed by atoms with Crippen molar-refractivity contribution in [1.82, 2.24) is 5.32 Å². The SMILES string of the molecule is CCCC[C@H](NC(=O)Cc1ccccc1S(C)(=O)=O)C(=O)O. The summed E-state index contributed by atoms with van der Waals surface area (Å²) in [5.41, 5.74) is 0.363. The average Bonchev–Trinajstić information content (AvgIpc) is 2.42. The Hall–Kier alpha value is -1.89. The normalized spacial score (nSPS) is 12.6. The van der Waals surface area contributed by atoms with Crippen LogP contribution in [0.3, 0.4) is 0 Å². The molecule has 1 aromatic rings. The van der Waals surface area contributed by atoms with Gasteiger partial charge in [0, 0.05) is 6.26 Å². The summed E-state index contributed by atoms with van der Waals surface area (Å²) in [4.78, 5) is 23.2. The van der Waals surface area contributed by atoms with E-state index < -0.39 is 27.8 Å². The maximum atomic E-state index is 12.0. The van der Waals surface area contributed by atoms with Gasteiger partial charge in [0.15, 0.2) is 9.84 Å². The van der Waals surface area contributed by atoms with E-state index in [1.807, 2.05) is 6.92 Å². The minimum absolute atomic E-state index is 0.0885. The Morgan fingerprint density at radius 2 is 1.91 bits per heavy atom. The lowest BCUT2D eigenvalue weighted by Gasteiger charge is -2.15. The van der Waals surface area contributed by atoms with Crippen LogP contribution in [0.15, 0.2) is 29.2 Å². The standard InChI is InChI=1S/C15H21NO5S/c1-3-4-8-12(15(18)19)16-14(17)10-11-7-5-6-9-13(11)22(2,20)21/h5-7,9,12H,3-4,8,10H2,1-2H3,(H,16,17)(H,18,19)/t12-/m0/s1. The van der Waals surface area contributed by atoms with Crippen molar-refractivity contribution in [3.05, 3.63) is 29.8 Å². The molecule has 0 aliphatic rings. The van der Waals surface area contributed by atoms with Gasteiger partial charge in [0.2, 0.25) is 5.91 Å². The molecular formula is C15H21NO5S. The van der Waals surface area contributed by atoms with E-state index in [-0.39, 0.29) is 11.3 Å². The average molecular weight is 327 g/mol. The number of benzene rings is 1. The number of aliphatic carboxylic acids is 1. The van der Waals surface area contributed by atoms with Crippen LogP contribution in [0.5, 0.6) is 0 Å². The van der Waals surface area contributed by atoms with Crippen molar-refractivity contribution in [2.45, 2.75) is 43.5 Å². The number of carbonyl (C=O) groups is 2. The largest absolute Gasteiger partial charge is 0.480 e. The Labute approximate surface area is 130 Å². The molecule has 1 rings (SSSR count). The second kappa shape index (κ2) is 7.93. The molecule has 1 aromatic carbocycles. The van der Waals surface area contributed by atoms with Crippen molar-refractivity contribution in [1.29, 1.82) is 0 Å². The molecule has 22 heavy (non-hydrogen) atoms. The third kappa shape index (κ3) is 5.48. The van der Waals surface area contributed by atoms with Crippen LogP contribution in [-0.4, -0.2) is 37.7 Å². The first kappa shape index (κ1) is 18.2. The highest BCUT2D eigenvalue weighted by Crippen LogP contribution is 2.16. The first-order valence-electron chi connectivity index (χ1n) is 7.05. The summed E-state index contributed by atoms with van der Waals surface area (Å²) in [6.45, 7) is 1.93. The van der Waals surface area contributed by atoms with Gasteiger partial charge in [-0.05, 0) is 18.1 Å². The first-order valence-corrected chi connectivity index (χ1v) is 8.95. The summed E-state index contributed by atoms with van der Waals surface area (Å²) in [5, 5.41) is 11.5. The summed E-state index contributed by atoms with van der Waals surface area (Å²) in [5.74, 6) is -1.59. The molecule has 6 nitrogen and oxygen atoms in total. The fourth-order valence-corrected chi connectivity index (χ4v) is 3.04. The van der Waals surface area contributed by atoms with Crippen LogP contribution in [-0.2, 0) is 25.8 Å². The zero-order chi connectivity index (χ0) is 16.8. The Balaban J connectivity index is 2.83. The minimum Gasteiger partial charge on any atom is -0.480 e. The van der Waals surface area contributed by atoms with E-state index in [2.05, 4.69) is 5.32 Å². The van der Waals surface area contributed by atoms with Crippen molar-refractivity contribution in [2.75, 3.05) is 6.26 Å². The number of unbranched alkanes of at least 4 members (excludes halogenated alkanes) is 1. The smallest absolute Gasteiger partial charge is 0.326 e. The highest BCUT2D eigenvalue weighted by molar-refractivity contribution is 7.90. The lowest BCUT2D eigenvalue weighted by Crippen LogP contribution is -2.41. The molecule has 0 aliphatic carbocycles. The molecule has 1 atom stereocenters. The lowest BCUT2D eigenvalue weighted by atomic mass is 10.1. The van der Waals surface area contributed by atoms with E-state index in [9.17, 15) is 18.0 Å². The van der Waals surface area contributed by atoms with Crippen molar-refractivity contribution in [3.8, 4) is 0 Å². The van der Waals surface area contributed by atoms with Crippen molar-refractivity contribution in [2.24, 2.45) is 0 Å². The predicted octanol–water partition coefficient (Wildman–Crippen LogP) is 1.39. The van der Waals surface area contributed by atoms with Gasteiger partial charge in [-0.3, -0.25) is 4.79 Å². The minimum atomic E-state index is -3.43. The number of amides is 1. The van der Waals surface area contributed by atoms with E-state index in [1.165, 1.54) is 6.07 Å². The van der Waals surface area contributed by atoms with Crippen molar-refractivity contribution < 1.29 is 23.1 Å². The molecule has 0 aromatic heterocycles. The summed E-state index contributed by atoms with van der Waals surface area (Å²) in [6.07, 6.45) is 2.78. The van der Waals surface area contributed by atoms with Gasteiger partial charge in [0.25, 0.3) is 0 Å². The van der Waals surface area contributed by atoms with Gasteiger partial charge in [-0.25, -0.2) is 13.2 Å². The fraction of sp³-hybridized carbons (Fsp3) is 0.467. The number of rotatable bonds is 8. The lowest BCUT2D eigenvalue weighted by molar-refractivity contribution is -0.142. The van der Waals surface area contributed by atoms with Crippen LogP contribution >= 0.6 is 0 Å². The van der Waals surface area contributed by atoms with Crippen molar-refractivity contribution in [3.63, 3.8) is 0 Å². The fourth-order valence-electron chi connectivity index (χ4n) is 2.10. The molecule has 0 unspecified atom stereocenters. The zero-order valence-corrected chi connectivity index (χ0v) is 13.5. The highest BCUT2D eigenvalue weighted by Gasteiger charge is 2.21. The maximum Gasteiger partial charge on any atom is 0.326 e. The Morgan fingerprint density at radius 3 is 2.45 bits per heavy atom. The number of hydrogen-bond donors (Lipinski definition) is 2. The molecule has 0 fully saturated rings. The van der Waals surface area contributed by atoms with Crippen LogP contribution in [0.4, 0.5) is 0 Å². The number of hydrogen-bond acceptors (Lipinski definition) is 4. The molecule has 0 saturated carbocycles. The van der Waals surface area contributed by atoms with Gasteiger partial charge in [0.1, 0.15) is 6.04 Å². The van der Waals surface area contributed by atoms with E-state index in [0.29, 0.717) is 18.4 Å². The zero-order valence-electron chi connectivity index (χ0n) is 12.7. The van der Waals surface area contributed by atoms with Crippen LogP contribution in [0.1, 0.15) is 31.7 Å². The second-order valence-corrected chi connectivity index (χ2v) is 7.14. The summed E-state index contributed by atoms with van der Waals surface area (Å²) in [6, 6.07) is 5.27. The molecule has 1 amide bonds. The first-order chi connectivity index (χ1) is 10.3. The molecule has 122 valence electrons. The van der Waals surface area contributed by atoms with Crippen LogP contribution in [0, 0.1) is 0 Å². The highest BCUT2D eigenvalue weighted by atomic mass is 32.2. The summed E-state index contributed by atoms with van der Waals surface area (Å²) >= 11 is 0. The Kier molecular flexibility index (Phi) is 6.55. The molecule has 0 bridgehead atoms. The summed E-state index contributed by atoms with van der Waals surface area (Å²) in [7, 11) is -3.43. The van der Waals surface area contributed by atoms with E-state index >= 15 is 0 Å². The molecule has 2 N–H and O–H groups in total. The van der Waals surface area contributed by atoms with Crippen molar-refractivity contribution >= 4 is 21.7 Å². The van der Waals surface area contributed by atoms with Gasteiger partial charge in [-0.15, -0.1) is 0 Å². The maximum absolute atomic E-state index is 12.0. The molecule has 0 saturated heterocycles. The molecule has 0 aliphatic heterocycles. The van der Waals surface area contributed by atoms with E-state index in [4.69, 9.17) is 5.11 Å². The van der Waals surface area contributed by atoms with Gasteiger partial charge in [-0.2, -0.15) is 0 Å². The van der Waals surface area contributed by atoms with E-state index in [0.717, 1.165) is 12.7 Å². The van der Waals surface area contributed by atoms with Crippen LogP contribution < -0.4 is 5.32 Å². The van der Waals surface area contributed by atoms with E-state index in [1.54, 1.807) is 18.2 Å². The number of carboxylic acid groups (broad SMARTS) is 1. The number of carbonyl (C=O) groups excluding carboxylic acids is 1. The quantitative estimate of drug-likeness (QED) is 0.751. The molecule has 0 radical (unpaired) electrons. The number of sulfone groups is 1. The summed E-state index contributed by atoms with van der Waals surface area (Å²) < 4.78 is 23.4. The van der Waals surface area contributed by atoms with Gasteiger partial charge in [0.05, 0.1) is 11.3 Å². The van der Waals surface area contributed by atoms with Crippen LogP contribution in [0.2, 0.25) is 0 Å². The molecule has 7 heteroatoms. The Bertz CT molecular complexity index is 639. The van der Waals surface area contributed by atoms with Gasteiger partial charge < -0.3 is 10.4 Å². The van der Waals surface area contributed by atoms with Gasteiger partial charge >= 0.3 is 5.97 Å². The second-order valence-electron chi connectivity index (χ2n) is 5.16. The topological polar surface area (TPSA) is 101 Å². The molecule has 0 heterocycles. The monoisotopic (exact) mass is 327 g/mol. The number of nitrogens with one attached hydrogen (secondary N) is 1. The molecular weight excluding hydrogens is 306 g/mol. The Morgan fingerprint density at radius 1 is 1.27 bits per heavy atom. The third-order valence-corrected chi connectivity index (χ3v) is 4.40. The third-order valence-electron chi connectivity index (χ3n) is 3.20.